The third kappa shape index (κ3) is 4.76. The molecule has 0 bridgehead atoms. The number of carboxylic acid groups (broad SMARTS) is 1. The lowest BCUT2D eigenvalue weighted by Crippen LogP contribution is -2.19. The molecule has 0 saturated carbocycles. The summed E-state index contributed by atoms with van der Waals surface area (Å²) in [7, 11) is 0. The molecule has 120 valence electrons. The van der Waals surface area contributed by atoms with E-state index >= 15 is 0 Å². The maximum absolute atomic E-state index is 11.8. The minimum atomic E-state index is -1.27. The highest BCUT2D eigenvalue weighted by atomic mass is 35.5. The second kappa shape index (κ2) is 7.55. The molecule has 8 heteroatoms. The topological polar surface area (TPSA) is 72.8 Å². The minimum Gasteiger partial charge on any atom is -0.480 e. The normalized spacial score (nSPS) is 10.2. The van der Waals surface area contributed by atoms with Crippen LogP contribution in [0.2, 0.25) is 15.1 Å². The van der Waals surface area contributed by atoms with E-state index in [-0.39, 0.29) is 27.1 Å². The Balaban J connectivity index is 2.04. The molecule has 0 aliphatic rings. The van der Waals surface area contributed by atoms with Gasteiger partial charge in [-0.2, -0.15) is 0 Å². The Bertz CT molecular complexity index is 761. The Morgan fingerprint density at radius 2 is 1.57 bits per heavy atom. The highest BCUT2D eigenvalue weighted by molar-refractivity contribution is 6.35. The Hall–Kier alpha value is -1.95. The summed E-state index contributed by atoms with van der Waals surface area (Å²) < 4.78 is 10.2. The largest absolute Gasteiger partial charge is 0.480 e. The number of esters is 1. The fourth-order valence-corrected chi connectivity index (χ4v) is 2.27. The van der Waals surface area contributed by atoms with Crippen molar-refractivity contribution >= 4 is 46.7 Å². The van der Waals surface area contributed by atoms with Gasteiger partial charge in [-0.3, -0.25) is 0 Å². The van der Waals surface area contributed by atoms with E-state index in [4.69, 9.17) is 49.4 Å². The van der Waals surface area contributed by atoms with Crippen LogP contribution >= 0.6 is 34.8 Å². The number of rotatable bonds is 5. The van der Waals surface area contributed by atoms with Crippen molar-refractivity contribution in [2.45, 2.75) is 0 Å². The van der Waals surface area contributed by atoms with E-state index in [0.717, 1.165) is 0 Å². The SMILES string of the molecule is O=C(COc1ccc(Cl)cc1Cl)Oc1ccc(Cl)cc1C(=O)O. The number of ether oxygens (including phenoxy) is 2. The number of aromatic carboxylic acids is 1. The van der Waals surface area contributed by atoms with Crippen LogP contribution < -0.4 is 9.47 Å². The van der Waals surface area contributed by atoms with Gasteiger partial charge in [0.05, 0.1) is 5.02 Å². The zero-order chi connectivity index (χ0) is 17.0. The van der Waals surface area contributed by atoms with Gasteiger partial charge in [0.15, 0.2) is 6.61 Å². The summed E-state index contributed by atoms with van der Waals surface area (Å²) in [6, 6.07) is 8.40. The maximum Gasteiger partial charge on any atom is 0.349 e. The lowest BCUT2D eigenvalue weighted by Gasteiger charge is -2.10. The first kappa shape index (κ1) is 17.4. The van der Waals surface area contributed by atoms with Gasteiger partial charge in [-0.15, -0.1) is 0 Å². The highest BCUT2D eigenvalue weighted by Crippen LogP contribution is 2.28. The molecule has 0 unspecified atom stereocenters. The summed E-state index contributed by atoms with van der Waals surface area (Å²) in [6.07, 6.45) is 0. The van der Waals surface area contributed by atoms with Gasteiger partial charge in [-0.1, -0.05) is 34.8 Å². The van der Waals surface area contributed by atoms with Crippen LogP contribution in [-0.4, -0.2) is 23.7 Å². The number of carboxylic acids is 1. The van der Waals surface area contributed by atoms with Crippen LogP contribution in [-0.2, 0) is 4.79 Å². The molecule has 0 heterocycles. The van der Waals surface area contributed by atoms with E-state index in [1.807, 2.05) is 0 Å². The summed E-state index contributed by atoms with van der Waals surface area (Å²) >= 11 is 17.4. The van der Waals surface area contributed by atoms with Crippen LogP contribution in [0.1, 0.15) is 10.4 Å². The zero-order valence-corrected chi connectivity index (χ0v) is 13.7. The fraction of sp³-hybridized carbons (Fsp3) is 0.0667. The standard InChI is InChI=1S/C15H9Cl3O5/c16-8-1-3-12(10(5-8)15(20)21)23-14(19)7-22-13-4-2-9(17)6-11(13)18/h1-6H,7H2,(H,20,21). The van der Waals surface area contributed by atoms with E-state index in [9.17, 15) is 9.59 Å². The molecule has 2 rings (SSSR count). The number of carbonyl (C=O) groups excluding carboxylic acids is 1. The van der Waals surface area contributed by atoms with Crippen molar-refractivity contribution in [3.63, 3.8) is 0 Å². The average molecular weight is 376 g/mol. The molecule has 0 saturated heterocycles. The van der Waals surface area contributed by atoms with Crippen molar-refractivity contribution in [3.8, 4) is 11.5 Å². The molecule has 0 atom stereocenters. The molecule has 2 aromatic rings. The molecule has 0 fully saturated rings. The number of halogens is 3. The number of carbonyl (C=O) groups is 2. The number of benzene rings is 2. The Labute approximate surface area is 146 Å². The van der Waals surface area contributed by atoms with E-state index in [2.05, 4.69) is 0 Å². The zero-order valence-electron chi connectivity index (χ0n) is 11.4. The molecule has 1 N–H and O–H groups in total. The predicted octanol–water partition coefficient (Wildman–Crippen LogP) is 4.33. The molecule has 0 radical (unpaired) electrons. The first-order valence-corrected chi connectivity index (χ1v) is 7.31. The summed E-state index contributed by atoms with van der Waals surface area (Å²) in [4.78, 5) is 22.9. The lowest BCUT2D eigenvalue weighted by atomic mass is 10.2. The molecule has 0 amide bonds. The van der Waals surface area contributed by atoms with Gasteiger partial charge in [-0.25, -0.2) is 9.59 Å². The van der Waals surface area contributed by atoms with Crippen molar-refractivity contribution in [2.24, 2.45) is 0 Å². The van der Waals surface area contributed by atoms with Crippen LogP contribution in [0.5, 0.6) is 11.5 Å². The molecular weight excluding hydrogens is 367 g/mol. The fourth-order valence-electron chi connectivity index (χ4n) is 1.64. The number of hydrogen-bond donors (Lipinski definition) is 1. The molecule has 2 aromatic carbocycles. The van der Waals surface area contributed by atoms with Gasteiger partial charge in [-0.05, 0) is 36.4 Å². The van der Waals surface area contributed by atoms with Crippen molar-refractivity contribution in [1.82, 2.24) is 0 Å². The highest BCUT2D eigenvalue weighted by Gasteiger charge is 2.16. The van der Waals surface area contributed by atoms with Crippen LogP contribution in [0.3, 0.4) is 0 Å². The van der Waals surface area contributed by atoms with Crippen LogP contribution in [0.25, 0.3) is 0 Å². The molecular formula is C15H9Cl3O5. The van der Waals surface area contributed by atoms with E-state index in [1.165, 1.54) is 30.3 Å². The van der Waals surface area contributed by atoms with Gasteiger partial charge in [0.1, 0.15) is 17.1 Å². The first-order valence-electron chi connectivity index (χ1n) is 6.18. The second-order valence-electron chi connectivity index (χ2n) is 4.28. The van der Waals surface area contributed by atoms with Crippen molar-refractivity contribution in [1.29, 1.82) is 0 Å². The molecule has 0 aliphatic carbocycles. The van der Waals surface area contributed by atoms with Crippen molar-refractivity contribution in [3.05, 3.63) is 57.0 Å². The predicted molar refractivity (Wildman–Crippen MR) is 86.0 cm³/mol. The van der Waals surface area contributed by atoms with Gasteiger partial charge in [0.2, 0.25) is 0 Å². The monoisotopic (exact) mass is 374 g/mol. The lowest BCUT2D eigenvalue weighted by molar-refractivity contribution is -0.136. The Morgan fingerprint density at radius 3 is 2.17 bits per heavy atom. The summed E-state index contributed by atoms with van der Waals surface area (Å²) in [5.74, 6) is -1.93. The molecule has 0 aliphatic heterocycles. The third-order valence-electron chi connectivity index (χ3n) is 2.64. The van der Waals surface area contributed by atoms with Gasteiger partial charge >= 0.3 is 11.9 Å². The van der Waals surface area contributed by atoms with E-state index < -0.39 is 18.5 Å². The molecule has 5 nitrogen and oxygen atoms in total. The smallest absolute Gasteiger partial charge is 0.349 e. The number of hydrogen-bond acceptors (Lipinski definition) is 4. The summed E-state index contributed by atoms with van der Waals surface area (Å²) in [5, 5.41) is 9.94. The Kier molecular flexibility index (Phi) is 5.71. The molecule has 0 aromatic heterocycles. The van der Waals surface area contributed by atoms with Crippen LogP contribution in [0, 0.1) is 0 Å². The molecule has 23 heavy (non-hydrogen) atoms. The van der Waals surface area contributed by atoms with Gasteiger partial charge in [0, 0.05) is 10.0 Å². The second-order valence-corrected chi connectivity index (χ2v) is 5.56. The van der Waals surface area contributed by atoms with Crippen molar-refractivity contribution in [2.75, 3.05) is 6.61 Å². The third-order valence-corrected chi connectivity index (χ3v) is 3.40. The van der Waals surface area contributed by atoms with E-state index in [0.29, 0.717) is 5.02 Å². The summed E-state index contributed by atoms with van der Waals surface area (Å²) in [5.41, 5.74) is -0.227. The Morgan fingerprint density at radius 1 is 0.957 bits per heavy atom. The minimum absolute atomic E-state index is 0.127. The van der Waals surface area contributed by atoms with Crippen LogP contribution in [0.15, 0.2) is 36.4 Å². The molecule has 0 spiro atoms. The van der Waals surface area contributed by atoms with E-state index in [1.54, 1.807) is 6.07 Å². The average Bonchev–Trinajstić information content (AvgIpc) is 2.48. The van der Waals surface area contributed by atoms with Gasteiger partial charge < -0.3 is 14.6 Å². The van der Waals surface area contributed by atoms with Crippen molar-refractivity contribution < 1.29 is 24.2 Å². The first-order chi connectivity index (χ1) is 10.9. The van der Waals surface area contributed by atoms with Crippen LogP contribution in [0.4, 0.5) is 0 Å². The quantitative estimate of drug-likeness (QED) is 0.622. The summed E-state index contributed by atoms with van der Waals surface area (Å²) in [6.45, 7) is -0.455. The maximum atomic E-state index is 11.8. The van der Waals surface area contributed by atoms with Gasteiger partial charge in [0.25, 0.3) is 0 Å².